The number of hydrogen-bond donors (Lipinski definition) is 0. The number of benzene rings is 1. The number of carbonyl (C=O) groups is 1. The van der Waals surface area contributed by atoms with Gasteiger partial charge in [-0.15, -0.1) is 13.2 Å². The third-order valence-corrected chi connectivity index (χ3v) is 2.79. The summed E-state index contributed by atoms with van der Waals surface area (Å²) in [5.74, 6) is -0.760. The monoisotopic (exact) mass is 327 g/mol. The Labute approximate surface area is 129 Å². The summed E-state index contributed by atoms with van der Waals surface area (Å²) in [5, 5.41) is 0. The standard InChI is InChI=1S/C15H12F3NO4/c1-21-11-7-12(19-13(8-11)14(20)22-2)9-4-3-5-10(6-9)23-15(16,17)18/h3-8H,1-2H3. The molecule has 0 saturated heterocycles. The van der Waals surface area contributed by atoms with Crippen molar-refractivity contribution in [2.75, 3.05) is 14.2 Å². The van der Waals surface area contributed by atoms with E-state index in [1.54, 1.807) is 0 Å². The zero-order valence-electron chi connectivity index (χ0n) is 12.2. The fourth-order valence-electron chi connectivity index (χ4n) is 1.83. The van der Waals surface area contributed by atoms with Crippen LogP contribution >= 0.6 is 0 Å². The molecule has 8 heteroatoms. The van der Waals surface area contributed by atoms with Crippen molar-refractivity contribution in [2.24, 2.45) is 0 Å². The van der Waals surface area contributed by atoms with Gasteiger partial charge in [0.1, 0.15) is 11.5 Å². The van der Waals surface area contributed by atoms with E-state index in [4.69, 9.17) is 4.74 Å². The molecule has 0 aliphatic rings. The first-order valence-electron chi connectivity index (χ1n) is 6.33. The Kier molecular flexibility index (Phi) is 4.73. The Morgan fingerprint density at radius 3 is 2.43 bits per heavy atom. The van der Waals surface area contributed by atoms with Gasteiger partial charge in [0.05, 0.1) is 19.9 Å². The smallest absolute Gasteiger partial charge is 0.497 e. The average molecular weight is 327 g/mol. The van der Waals surface area contributed by atoms with E-state index in [-0.39, 0.29) is 17.1 Å². The summed E-state index contributed by atoms with van der Waals surface area (Å²) in [4.78, 5) is 15.7. The number of pyridine rings is 1. The van der Waals surface area contributed by atoms with E-state index in [9.17, 15) is 18.0 Å². The summed E-state index contributed by atoms with van der Waals surface area (Å²) >= 11 is 0. The van der Waals surface area contributed by atoms with E-state index in [1.165, 1.54) is 44.6 Å². The van der Waals surface area contributed by atoms with Crippen LogP contribution in [-0.4, -0.2) is 31.5 Å². The molecule has 23 heavy (non-hydrogen) atoms. The van der Waals surface area contributed by atoms with E-state index in [0.29, 0.717) is 11.3 Å². The van der Waals surface area contributed by atoms with E-state index < -0.39 is 12.3 Å². The number of carbonyl (C=O) groups excluding carboxylic acids is 1. The summed E-state index contributed by atoms with van der Waals surface area (Å²) < 4.78 is 50.4. The van der Waals surface area contributed by atoms with Crippen molar-refractivity contribution in [3.63, 3.8) is 0 Å². The van der Waals surface area contributed by atoms with Crippen molar-refractivity contribution in [3.05, 3.63) is 42.1 Å². The summed E-state index contributed by atoms with van der Waals surface area (Å²) in [7, 11) is 2.59. The van der Waals surface area contributed by atoms with Crippen LogP contribution in [0.25, 0.3) is 11.3 Å². The lowest BCUT2D eigenvalue weighted by molar-refractivity contribution is -0.274. The van der Waals surface area contributed by atoms with Crippen LogP contribution in [0.3, 0.4) is 0 Å². The van der Waals surface area contributed by atoms with Gasteiger partial charge >= 0.3 is 12.3 Å². The highest BCUT2D eigenvalue weighted by Gasteiger charge is 2.31. The van der Waals surface area contributed by atoms with Gasteiger partial charge in [-0.05, 0) is 12.1 Å². The Balaban J connectivity index is 2.45. The van der Waals surface area contributed by atoms with Crippen molar-refractivity contribution in [2.45, 2.75) is 6.36 Å². The van der Waals surface area contributed by atoms with Crippen molar-refractivity contribution in [3.8, 4) is 22.8 Å². The molecule has 122 valence electrons. The third-order valence-electron chi connectivity index (χ3n) is 2.79. The second-order valence-electron chi connectivity index (χ2n) is 4.34. The highest BCUT2D eigenvalue weighted by atomic mass is 19.4. The van der Waals surface area contributed by atoms with Gasteiger partial charge in [0.25, 0.3) is 0 Å². The van der Waals surface area contributed by atoms with Crippen LogP contribution in [0.1, 0.15) is 10.5 Å². The van der Waals surface area contributed by atoms with Gasteiger partial charge in [-0.1, -0.05) is 12.1 Å². The molecule has 1 heterocycles. The summed E-state index contributed by atoms with van der Waals surface area (Å²) in [5.41, 5.74) is 0.553. The molecule has 0 saturated carbocycles. The molecule has 2 rings (SSSR count). The molecule has 0 aliphatic carbocycles. The lowest BCUT2D eigenvalue weighted by Gasteiger charge is -2.11. The Hall–Kier alpha value is -2.77. The fraction of sp³-hybridized carbons (Fsp3) is 0.200. The second kappa shape index (κ2) is 6.55. The van der Waals surface area contributed by atoms with E-state index in [2.05, 4.69) is 14.5 Å². The topological polar surface area (TPSA) is 57.7 Å². The molecule has 1 aromatic carbocycles. The van der Waals surface area contributed by atoms with E-state index in [0.717, 1.165) is 6.07 Å². The summed E-state index contributed by atoms with van der Waals surface area (Å²) in [6, 6.07) is 8.10. The van der Waals surface area contributed by atoms with Crippen LogP contribution in [0, 0.1) is 0 Å². The van der Waals surface area contributed by atoms with Crippen molar-refractivity contribution in [1.82, 2.24) is 4.98 Å². The first kappa shape index (κ1) is 16.6. The van der Waals surface area contributed by atoms with Crippen molar-refractivity contribution < 1.29 is 32.2 Å². The number of rotatable bonds is 4. The second-order valence-corrected chi connectivity index (χ2v) is 4.34. The Morgan fingerprint density at radius 1 is 1.09 bits per heavy atom. The van der Waals surface area contributed by atoms with Gasteiger partial charge in [-0.2, -0.15) is 0 Å². The number of hydrogen-bond acceptors (Lipinski definition) is 5. The summed E-state index contributed by atoms with van der Waals surface area (Å²) in [6.45, 7) is 0. The van der Waals surface area contributed by atoms with Gasteiger partial charge < -0.3 is 14.2 Å². The normalized spacial score (nSPS) is 11.0. The van der Waals surface area contributed by atoms with Crippen LogP contribution in [0.15, 0.2) is 36.4 Å². The number of nitrogens with zero attached hydrogens (tertiary/aromatic N) is 1. The number of alkyl halides is 3. The van der Waals surface area contributed by atoms with E-state index in [1.807, 2.05) is 0 Å². The van der Waals surface area contributed by atoms with Crippen LogP contribution < -0.4 is 9.47 Å². The third kappa shape index (κ3) is 4.35. The summed E-state index contributed by atoms with van der Waals surface area (Å²) in [6.07, 6.45) is -4.79. The minimum Gasteiger partial charge on any atom is -0.497 e. The Morgan fingerprint density at radius 2 is 1.83 bits per heavy atom. The molecular formula is C15H12F3NO4. The molecule has 0 aliphatic heterocycles. The number of methoxy groups -OCH3 is 2. The molecule has 0 amide bonds. The molecule has 0 bridgehead atoms. The molecule has 0 spiro atoms. The molecule has 0 unspecified atom stereocenters. The molecule has 2 aromatic rings. The van der Waals surface area contributed by atoms with Gasteiger partial charge in [-0.25, -0.2) is 9.78 Å². The van der Waals surface area contributed by atoms with Gasteiger partial charge in [0, 0.05) is 17.7 Å². The highest BCUT2D eigenvalue weighted by molar-refractivity contribution is 5.88. The van der Waals surface area contributed by atoms with Gasteiger partial charge in [-0.3, -0.25) is 0 Å². The minimum absolute atomic E-state index is 0.0241. The molecule has 5 nitrogen and oxygen atoms in total. The SMILES string of the molecule is COC(=O)c1cc(OC)cc(-c2cccc(OC(F)(F)F)c2)n1. The lowest BCUT2D eigenvalue weighted by Crippen LogP contribution is -2.17. The zero-order chi connectivity index (χ0) is 17.0. The van der Waals surface area contributed by atoms with E-state index >= 15 is 0 Å². The number of esters is 1. The quantitative estimate of drug-likeness (QED) is 0.805. The minimum atomic E-state index is -4.79. The maximum absolute atomic E-state index is 12.3. The molecular weight excluding hydrogens is 315 g/mol. The maximum atomic E-state index is 12.3. The number of halogens is 3. The molecule has 0 radical (unpaired) electrons. The molecule has 0 N–H and O–H groups in total. The van der Waals surface area contributed by atoms with Crippen LogP contribution in [0.5, 0.6) is 11.5 Å². The molecule has 0 atom stereocenters. The lowest BCUT2D eigenvalue weighted by atomic mass is 10.1. The van der Waals surface area contributed by atoms with Gasteiger partial charge in [0.15, 0.2) is 5.69 Å². The number of ether oxygens (including phenoxy) is 3. The largest absolute Gasteiger partial charge is 0.573 e. The van der Waals surface area contributed by atoms with Crippen molar-refractivity contribution >= 4 is 5.97 Å². The Bertz CT molecular complexity index is 716. The average Bonchev–Trinajstić information content (AvgIpc) is 2.52. The first-order valence-corrected chi connectivity index (χ1v) is 6.33. The predicted octanol–water partition coefficient (Wildman–Crippen LogP) is 3.44. The predicted molar refractivity (Wildman–Crippen MR) is 74.2 cm³/mol. The van der Waals surface area contributed by atoms with Gasteiger partial charge in [0.2, 0.25) is 0 Å². The zero-order valence-corrected chi connectivity index (χ0v) is 12.2. The van der Waals surface area contributed by atoms with Crippen LogP contribution in [0.2, 0.25) is 0 Å². The van der Waals surface area contributed by atoms with Crippen LogP contribution in [0.4, 0.5) is 13.2 Å². The highest BCUT2D eigenvalue weighted by Crippen LogP contribution is 2.29. The molecule has 1 aromatic heterocycles. The first-order chi connectivity index (χ1) is 10.8. The maximum Gasteiger partial charge on any atom is 0.573 e. The van der Waals surface area contributed by atoms with Crippen LogP contribution in [-0.2, 0) is 4.74 Å². The fourth-order valence-corrected chi connectivity index (χ4v) is 1.83. The van der Waals surface area contributed by atoms with Crippen molar-refractivity contribution in [1.29, 1.82) is 0 Å². The molecule has 0 fully saturated rings. The number of aromatic nitrogens is 1.